The Kier molecular flexibility index (Phi) is 7.57. The molecule has 3 aromatic rings. The molecule has 0 atom stereocenters. The van der Waals surface area contributed by atoms with Crippen LogP contribution in [0.2, 0.25) is 10.0 Å². The van der Waals surface area contributed by atoms with E-state index in [2.05, 4.69) is 10.6 Å². The van der Waals surface area contributed by atoms with Crippen LogP contribution in [-0.2, 0) is 4.79 Å². The lowest BCUT2D eigenvalue weighted by Crippen LogP contribution is -2.16. The van der Waals surface area contributed by atoms with E-state index in [1.807, 2.05) is 0 Å². The number of halogens is 2. The van der Waals surface area contributed by atoms with Crippen molar-refractivity contribution < 1.29 is 19.5 Å². The van der Waals surface area contributed by atoms with E-state index in [4.69, 9.17) is 23.2 Å². The van der Waals surface area contributed by atoms with Crippen LogP contribution in [0.1, 0.15) is 20.7 Å². The molecule has 0 unspecified atom stereocenters. The number of carbonyl (C=O) groups is 3. The van der Waals surface area contributed by atoms with Gasteiger partial charge in [0.05, 0.1) is 32.6 Å². The molecule has 6 nitrogen and oxygen atoms in total. The van der Waals surface area contributed by atoms with E-state index in [0.29, 0.717) is 16.4 Å². The summed E-state index contributed by atoms with van der Waals surface area (Å²) >= 11 is 13.3. The molecule has 31 heavy (non-hydrogen) atoms. The smallest absolute Gasteiger partial charge is 0.336 e. The molecule has 3 aromatic carbocycles. The minimum absolute atomic E-state index is 0.0610. The minimum atomic E-state index is -1.18. The number of hydrogen-bond donors (Lipinski definition) is 3. The molecule has 9 heteroatoms. The number of anilines is 2. The fourth-order valence-corrected chi connectivity index (χ4v) is 3.77. The molecule has 0 aromatic heterocycles. The van der Waals surface area contributed by atoms with E-state index in [1.54, 1.807) is 54.6 Å². The first kappa shape index (κ1) is 22.7. The van der Waals surface area contributed by atoms with Gasteiger partial charge in [0, 0.05) is 10.6 Å². The molecular weight excluding hydrogens is 459 g/mol. The Labute approximate surface area is 192 Å². The highest BCUT2D eigenvalue weighted by Crippen LogP contribution is 2.30. The van der Waals surface area contributed by atoms with Gasteiger partial charge in [0.1, 0.15) is 0 Å². The van der Waals surface area contributed by atoms with Crippen molar-refractivity contribution in [2.24, 2.45) is 0 Å². The van der Waals surface area contributed by atoms with Crippen molar-refractivity contribution >= 4 is 64.1 Å². The molecule has 0 bridgehead atoms. The number of nitrogens with one attached hydrogen (secondary N) is 2. The normalized spacial score (nSPS) is 10.4. The highest BCUT2D eigenvalue weighted by Gasteiger charge is 2.16. The quantitative estimate of drug-likeness (QED) is 0.383. The van der Waals surface area contributed by atoms with E-state index in [0.717, 1.165) is 4.90 Å². The molecule has 0 radical (unpaired) electrons. The Bertz CT molecular complexity index is 1150. The molecule has 3 rings (SSSR count). The zero-order valence-electron chi connectivity index (χ0n) is 15.9. The van der Waals surface area contributed by atoms with Crippen molar-refractivity contribution in [2.75, 3.05) is 16.4 Å². The summed E-state index contributed by atoms with van der Waals surface area (Å²) in [5.74, 6) is -1.87. The molecule has 0 fully saturated rings. The summed E-state index contributed by atoms with van der Waals surface area (Å²) in [6, 6.07) is 17.8. The molecule has 0 heterocycles. The molecule has 0 aliphatic carbocycles. The SMILES string of the molecule is O=C(CSc1cccc(NC(=O)c2ccccc2C(=O)O)c1)Nc1cccc(Cl)c1Cl. The largest absolute Gasteiger partial charge is 0.478 e. The first-order valence-electron chi connectivity index (χ1n) is 8.95. The number of carbonyl (C=O) groups excluding carboxylic acids is 2. The maximum atomic E-state index is 12.5. The van der Waals surface area contributed by atoms with Crippen LogP contribution in [0.25, 0.3) is 0 Å². The number of hydrogen-bond acceptors (Lipinski definition) is 4. The monoisotopic (exact) mass is 474 g/mol. The van der Waals surface area contributed by atoms with Crippen LogP contribution in [-0.4, -0.2) is 28.6 Å². The van der Waals surface area contributed by atoms with Crippen LogP contribution in [0.3, 0.4) is 0 Å². The summed E-state index contributed by atoms with van der Waals surface area (Å²) in [6.07, 6.45) is 0. The molecule has 2 amide bonds. The first-order chi connectivity index (χ1) is 14.8. The Morgan fingerprint density at radius 3 is 2.32 bits per heavy atom. The molecule has 158 valence electrons. The van der Waals surface area contributed by atoms with Crippen LogP contribution < -0.4 is 10.6 Å². The Morgan fingerprint density at radius 1 is 0.871 bits per heavy atom. The van der Waals surface area contributed by atoms with Gasteiger partial charge in [0.2, 0.25) is 5.91 Å². The lowest BCUT2D eigenvalue weighted by atomic mass is 10.1. The van der Waals surface area contributed by atoms with E-state index < -0.39 is 11.9 Å². The van der Waals surface area contributed by atoms with Gasteiger partial charge in [0.25, 0.3) is 5.91 Å². The standard InChI is InChI=1S/C22H16Cl2N2O4S/c23-17-9-4-10-18(20(17)24)26-19(27)12-31-14-6-3-5-13(11-14)25-21(28)15-7-1-2-8-16(15)22(29)30/h1-11H,12H2,(H,25,28)(H,26,27)(H,29,30). The van der Waals surface area contributed by atoms with E-state index in [-0.39, 0.29) is 27.8 Å². The van der Waals surface area contributed by atoms with Gasteiger partial charge in [-0.2, -0.15) is 0 Å². The van der Waals surface area contributed by atoms with Gasteiger partial charge >= 0.3 is 5.97 Å². The number of carboxylic acid groups (broad SMARTS) is 1. The fraction of sp³-hybridized carbons (Fsp3) is 0.0455. The molecule has 0 aliphatic rings. The van der Waals surface area contributed by atoms with Gasteiger partial charge in [-0.05, 0) is 42.5 Å². The second-order valence-corrected chi connectivity index (χ2v) is 8.10. The zero-order chi connectivity index (χ0) is 22.4. The Balaban J connectivity index is 1.63. The van der Waals surface area contributed by atoms with Crippen molar-refractivity contribution in [3.8, 4) is 0 Å². The van der Waals surface area contributed by atoms with Gasteiger partial charge in [-0.15, -0.1) is 11.8 Å². The van der Waals surface area contributed by atoms with Crippen LogP contribution in [0.5, 0.6) is 0 Å². The van der Waals surface area contributed by atoms with Gasteiger partial charge in [-0.25, -0.2) is 4.79 Å². The van der Waals surface area contributed by atoms with E-state index >= 15 is 0 Å². The van der Waals surface area contributed by atoms with Gasteiger partial charge in [-0.1, -0.05) is 47.5 Å². The number of carboxylic acids is 1. The highest BCUT2D eigenvalue weighted by atomic mass is 35.5. The summed E-state index contributed by atoms with van der Waals surface area (Å²) in [6.45, 7) is 0. The fourth-order valence-electron chi connectivity index (χ4n) is 2.67. The van der Waals surface area contributed by atoms with Crippen LogP contribution in [0.15, 0.2) is 71.6 Å². The number of amides is 2. The average Bonchev–Trinajstić information content (AvgIpc) is 2.76. The maximum absolute atomic E-state index is 12.5. The summed E-state index contributed by atoms with van der Waals surface area (Å²) in [7, 11) is 0. The van der Waals surface area contributed by atoms with Crippen molar-refractivity contribution in [1.29, 1.82) is 0 Å². The molecule has 0 saturated heterocycles. The molecule has 0 saturated carbocycles. The minimum Gasteiger partial charge on any atom is -0.478 e. The third-order valence-corrected chi connectivity index (χ3v) is 5.90. The molecule has 3 N–H and O–H groups in total. The molecular formula is C22H16Cl2N2O4S. The predicted molar refractivity (Wildman–Crippen MR) is 124 cm³/mol. The van der Waals surface area contributed by atoms with Crippen molar-refractivity contribution in [2.45, 2.75) is 4.90 Å². The third kappa shape index (κ3) is 6.01. The summed E-state index contributed by atoms with van der Waals surface area (Å²) in [5.41, 5.74) is 0.888. The first-order valence-corrected chi connectivity index (χ1v) is 10.7. The second-order valence-electron chi connectivity index (χ2n) is 6.27. The highest BCUT2D eigenvalue weighted by molar-refractivity contribution is 8.00. The third-order valence-electron chi connectivity index (χ3n) is 4.09. The zero-order valence-corrected chi connectivity index (χ0v) is 18.2. The summed E-state index contributed by atoms with van der Waals surface area (Å²) in [5, 5.41) is 15.3. The number of benzene rings is 3. The lowest BCUT2D eigenvalue weighted by molar-refractivity contribution is -0.113. The second kappa shape index (κ2) is 10.3. The number of aromatic carboxylic acids is 1. The Hall–Kier alpha value is -3.00. The van der Waals surface area contributed by atoms with Crippen molar-refractivity contribution in [1.82, 2.24) is 0 Å². The number of thioether (sulfide) groups is 1. The van der Waals surface area contributed by atoms with Gasteiger partial charge in [0.15, 0.2) is 0 Å². The summed E-state index contributed by atoms with van der Waals surface area (Å²) in [4.78, 5) is 36.8. The van der Waals surface area contributed by atoms with Gasteiger partial charge in [-0.3, -0.25) is 9.59 Å². The van der Waals surface area contributed by atoms with E-state index in [1.165, 1.54) is 23.9 Å². The van der Waals surface area contributed by atoms with Crippen molar-refractivity contribution in [3.05, 3.63) is 87.9 Å². The predicted octanol–water partition coefficient (Wildman–Crippen LogP) is 5.67. The van der Waals surface area contributed by atoms with E-state index in [9.17, 15) is 19.5 Å². The topological polar surface area (TPSA) is 95.5 Å². The van der Waals surface area contributed by atoms with Crippen molar-refractivity contribution in [3.63, 3.8) is 0 Å². The van der Waals surface area contributed by atoms with Crippen LogP contribution in [0.4, 0.5) is 11.4 Å². The maximum Gasteiger partial charge on any atom is 0.336 e. The van der Waals surface area contributed by atoms with Crippen LogP contribution in [0, 0.1) is 0 Å². The molecule has 0 aliphatic heterocycles. The number of rotatable bonds is 7. The van der Waals surface area contributed by atoms with Gasteiger partial charge < -0.3 is 15.7 Å². The van der Waals surface area contributed by atoms with Crippen LogP contribution >= 0.6 is 35.0 Å². The lowest BCUT2D eigenvalue weighted by Gasteiger charge is -2.10. The average molecular weight is 475 g/mol. The Morgan fingerprint density at radius 2 is 1.58 bits per heavy atom. The summed E-state index contributed by atoms with van der Waals surface area (Å²) < 4.78 is 0. The molecule has 0 spiro atoms.